The molecule has 8 heteroatoms. The van der Waals surface area contributed by atoms with E-state index >= 15 is 0 Å². The summed E-state index contributed by atoms with van der Waals surface area (Å²) in [6.07, 6.45) is 1.00. The minimum Gasteiger partial charge on any atom is -0.493 e. The molecule has 1 heterocycles. The molecule has 1 atom stereocenters. The summed E-state index contributed by atoms with van der Waals surface area (Å²) in [5, 5.41) is 10.3. The van der Waals surface area contributed by atoms with Gasteiger partial charge in [-0.25, -0.2) is 0 Å². The number of ether oxygens (including phenoxy) is 3. The number of ketones is 1. The fourth-order valence-corrected chi connectivity index (χ4v) is 5.26. The van der Waals surface area contributed by atoms with Gasteiger partial charge >= 0.3 is 0 Å². The van der Waals surface area contributed by atoms with E-state index in [-0.39, 0.29) is 11.2 Å². The molecule has 182 valence electrons. The maximum absolute atomic E-state index is 13.7. The zero-order chi connectivity index (χ0) is 25.5. The van der Waals surface area contributed by atoms with E-state index in [2.05, 4.69) is 35.8 Å². The number of Topliss-reactive ketones (excluding diaryl/α,β-unsaturated/α-hetero) is 1. The van der Waals surface area contributed by atoms with Gasteiger partial charge in [-0.3, -0.25) is 9.69 Å². The highest BCUT2D eigenvalue weighted by Crippen LogP contribution is 2.52. The topological polar surface area (TPSA) is 97.8 Å². The third-order valence-electron chi connectivity index (χ3n) is 6.49. The molecule has 1 aliphatic carbocycles. The molecule has 0 fully saturated rings. The fraction of sp³-hybridized carbons (Fsp3) is 0.333. The largest absolute Gasteiger partial charge is 0.493 e. The van der Waals surface area contributed by atoms with E-state index in [0.29, 0.717) is 52.6 Å². The molecule has 0 saturated heterocycles. The molecule has 35 heavy (non-hydrogen) atoms. The molecular weight excluding hydrogens is 510 g/mol. The molecule has 0 aromatic heterocycles. The molecule has 0 saturated carbocycles. The lowest BCUT2D eigenvalue weighted by atomic mass is 9.68. The number of carbonyl (C=O) groups excluding carboxylic acids is 1. The highest BCUT2D eigenvalue weighted by molar-refractivity contribution is 9.10. The molecule has 0 unspecified atom stereocenters. The van der Waals surface area contributed by atoms with Crippen molar-refractivity contribution in [1.29, 1.82) is 5.26 Å². The van der Waals surface area contributed by atoms with Gasteiger partial charge in [0.25, 0.3) is 0 Å². The number of nitrogens with zero attached hydrogens (tertiary/aromatic N) is 2. The van der Waals surface area contributed by atoms with Crippen LogP contribution in [0.4, 0.5) is 5.69 Å². The molecule has 0 bridgehead atoms. The van der Waals surface area contributed by atoms with Gasteiger partial charge in [-0.1, -0.05) is 29.8 Å². The van der Waals surface area contributed by atoms with Crippen LogP contribution in [0.15, 0.2) is 63.5 Å². The standard InChI is InChI=1S/C27H28BrN3O4/c1-27(2)12-19-24(20(32)13-27)23(15-10-21(33-3)25(35-5)22(11-15)34-4)18(14-29)26(30)31(19)17-8-6-16(28)7-9-17/h6-11,23H,12-13,30H2,1-5H3/t23-/m0/s1. The van der Waals surface area contributed by atoms with E-state index in [9.17, 15) is 10.1 Å². The quantitative estimate of drug-likeness (QED) is 0.543. The average Bonchev–Trinajstić information content (AvgIpc) is 2.82. The van der Waals surface area contributed by atoms with Crippen LogP contribution in [0, 0.1) is 16.7 Å². The average molecular weight is 538 g/mol. The summed E-state index contributed by atoms with van der Waals surface area (Å²) in [7, 11) is 4.60. The van der Waals surface area contributed by atoms with Gasteiger partial charge in [0.05, 0.1) is 38.9 Å². The van der Waals surface area contributed by atoms with Crippen LogP contribution in [0.3, 0.4) is 0 Å². The van der Waals surface area contributed by atoms with Crippen molar-refractivity contribution in [2.75, 3.05) is 26.2 Å². The van der Waals surface area contributed by atoms with Gasteiger partial charge in [-0.2, -0.15) is 5.26 Å². The van der Waals surface area contributed by atoms with E-state index in [1.807, 2.05) is 29.2 Å². The van der Waals surface area contributed by atoms with E-state index < -0.39 is 5.92 Å². The smallest absolute Gasteiger partial charge is 0.203 e. The van der Waals surface area contributed by atoms with Crippen molar-refractivity contribution in [2.45, 2.75) is 32.6 Å². The van der Waals surface area contributed by atoms with Crippen LogP contribution in [0.5, 0.6) is 17.2 Å². The first-order valence-electron chi connectivity index (χ1n) is 11.2. The molecule has 0 amide bonds. The summed E-state index contributed by atoms with van der Waals surface area (Å²) in [6, 6.07) is 13.5. The lowest BCUT2D eigenvalue weighted by Crippen LogP contribution is -2.42. The predicted molar refractivity (Wildman–Crippen MR) is 137 cm³/mol. The van der Waals surface area contributed by atoms with Crippen molar-refractivity contribution < 1.29 is 19.0 Å². The maximum Gasteiger partial charge on any atom is 0.203 e. The van der Waals surface area contributed by atoms with Crippen LogP contribution in [0.2, 0.25) is 0 Å². The first-order chi connectivity index (χ1) is 16.6. The van der Waals surface area contributed by atoms with E-state index in [4.69, 9.17) is 19.9 Å². The van der Waals surface area contributed by atoms with Crippen molar-refractivity contribution >= 4 is 27.4 Å². The summed E-state index contributed by atoms with van der Waals surface area (Å²) < 4.78 is 17.5. The number of nitriles is 1. The third-order valence-corrected chi connectivity index (χ3v) is 7.01. The van der Waals surface area contributed by atoms with Crippen molar-refractivity contribution in [1.82, 2.24) is 0 Å². The number of nitrogens with two attached hydrogens (primary N) is 1. The van der Waals surface area contributed by atoms with Gasteiger partial charge in [-0.15, -0.1) is 0 Å². The van der Waals surface area contributed by atoms with Crippen molar-refractivity contribution in [3.63, 3.8) is 0 Å². The Morgan fingerprint density at radius 3 is 2.17 bits per heavy atom. The Bertz CT molecular complexity index is 1260. The Balaban J connectivity index is 2.02. The molecule has 2 aromatic carbocycles. The molecule has 2 N–H and O–H groups in total. The third kappa shape index (κ3) is 4.25. The van der Waals surface area contributed by atoms with Gasteiger partial charge in [0, 0.05) is 27.9 Å². The van der Waals surface area contributed by atoms with Gasteiger partial charge in [0.15, 0.2) is 17.3 Å². The van der Waals surface area contributed by atoms with E-state index in [1.54, 1.807) is 12.1 Å². The fourth-order valence-electron chi connectivity index (χ4n) is 5.00. The van der Waals surface area contributed by atoms with Gasteiger partial charge in [0.2, 0.25) is 5.75 Å². The number of hydrogen-bond donors (Lipinski definition) is 1. The number of methoxy groups -OCH3 is 3. The summed E-state index contributed by atoms with van der Waals surface area (Å²) >= 11 is 3.47. The molecule has 2 aliphatic rings. The Morgan fingerprint density at radius 1 is 1.06 bits per heavy atom. The first kappa shape index (κ1) is 24.7. The zero-order valence-electron chi connectivity index (χ0n) is 20.4. The summed E-state index contributed by atoms with van der Waals surface area (Å²) in [5.74, 6) is 0.971. The molecule has 4 rings (SSSR count). The molecule has 7 nitrogen and oxygen atoms in total. The normalized spacial score (nSPS) is 19.3. The first-order valence-corrected chi connectivity index (χ1v) is 12.0. The van der Waals surface area contributed by atoms with Crippen molar-refractivity contribution in [3.05, 3.63) is 69.1 Å². The van der Waals surface area contributed by atoms with Gasteiger partial charge in [-0.05, 0) is 53.8 Å². The Morgan fingerprint density at radius 2 is 1.66 bits per heavy atom. The van der Waals surface area contributed by atoms with E-state index in [1.165, 1.54) is 21.3 Å². The zero-order valence-corrected chi connectivity index (χ0v) is 22.0. The number of benzene rings is 2. The minimum atomic E-state index is -0.654. The van der Waals surface area contributed by atoms with Crippen LogP contribution < -0.4 is 24.8 Å². The molecular formula is C27H28BrN3O4. The molecule has 2 aromatic rings. The Kier molecular flexibility index (Phi) is 6.56. The van der Waals surface area contributed by atoms with Crippen LogP contribution in [0.25, 0.3) is 0 Å². The second-order valence-electron chi connectivity index (χ2n) is 9.42. The summed E-state index contributed by atoms with van der Waals surface area (Å²) in [4.78, 5) is 15.6. The van der Waals surface area contributed by atoms with Gasteiger partial charge in [0.1, 0.15) is 5.82 Å². The minimum absolute atomic E-state index is 0.00244. The van der Waals surface area contributed by atoms with E-state index in [0.717, 1.165) is 15.9 Å². The number of allylic oxidation sites excluding steroid dienone is 3. The number of hydrogen-bond acceptors (Lipinski definition) is 7. The lowest BCUT2D eigenvalue weighted by Gasteiger charge is -2.43. The Hall–Kier alpha value is -3.44. The van der Waals surface area contributed by atoms with Crippen molar-refractivity contribution in [3.8, 4) is 23.3 Å². The maximum atomic E-state index is 13.7. The monoisotopic (exact) mass is 537 g/mol. The molecule has 0 radical (unpaired) electrons. The molecule has 0 spiro atoms. The number of anilines is 1. The highest BCUT2D eigenvalue weighted by Gasteiger charge is 2.45. The van der Waals surface area contributed by atoms with Crippen LogP contribution in [-0.4, -0.2) is 27.1 Å². The number of halogens is 1. The van der Waals surface area contributed by atoms with Crippen molar-refractivity contribution in [2.24, 2.45) is 11.1 Å². The summed E-state index contributed by atoms with van der Waals surface area (Å²) in [5.41, 5.74) is 9.60. The van der Waals surface area contributed by atoms with Crippen LogP contribution in [0.1, 0.15) is 38.2 Å². The second kappa shape index (κ2) is 9.31. The van der Waals surface area contributed by atoms with Crippen LogP contribution in [-0.2, 0) is 4.79 Å². The second-order valence-corrected chi connectivity index (χ2v) is 10.3. The van der Waals surface area contributed by atoms with Crippen LogP contribution >= 0.6 is 15.9 Å². The predicted octanol–water partition coefficient (Wildman–Crippen LogP) is 5.42. The number of rotatable bonds is 5. The SMILES string of the molecule is COc1cc([C@H]2C(C#N)=C(N)N(c3ccc(Br)cc3)C3=C2C(=O)CC(C)(C)C3)cc(OC)c1OC. The lowest BCUT2D eigenvalue weighted by molar-refractivity contribution is -0.118. The Labute approximate surface area is 213 Å². The molecule has 1 aliphatic heterocycles. The highest BCUT2D eigenvalue weighted by atomic mass is 79.9. The van der Waals surface area contributed by atoms with Gasteiger partial charge < -0.3 is 19.9 Å². The summed E-state index contributed by atoms with van der Waals surface area (Å²) in [6.45, 7) is 4.14. The number of carbonyl (C=O) groups is 1.